The summed E-state index contributed by atoms with van der Waals surface area (Å²) in [7, 11) is 0. The highest BCUT2D eigenvalue weighted by molar-refractivity contribution is 6.34. The van der Waals surface area contributed by atoms with Gasteiger partial charge in [-0.2, -0.15) is 13.2 Å². The number of pyridine rings is 1. The smallest absolute Gasteiger partial charge is 0.378 e. The van der Waals surface area contributed by atoms with Crippen LogP contribution < -0.4 is 4.90 Å². The molecule has 2 amide bonds. The van der Waals surface area contributed by atoms with Gasteiger partial charge in [-0.1, -0.05) is 0 Å². The monoisotopic (exact) mass is 372 g/mol. The van der Waals surface area contributed by atoms with Crippen LogP contribution in [0.1, 0.15) is 5.56 Å². The number of morpholine rings is 1. The number of ether oxygens (including phenoxy) is 1. The van der Waals surface area contributed by atoms with E-state index in [1.54, 1.807) is 0 Å². The number of aromatic nitrogens is 1. The second-order valence-corrected chi connectivity index (χ2v) is 6.06. The van der Waals surface area contributed by atoms with Crippen molar-refractivity contribution < 1.29 is 27.5 Å². The first kappa shape index (κ1) is 18.4. The second-order valence-electron chi connectivity index (χ2n) is 6.06. The van der Waals surface area contributed by atoms with E-state index >= 15 is 0 Å². The lowest BCUT2D eigenvalue weighted by Gasteiger charge is -2.37. The SMILES string of the molecule is O=C(C(=O)N1CCN(c2ncccc2C(F)(F)F)CC1)N1CCOCC1. The average molecular weight is 372 g/mol. The Morgan fingerprint density at radius 2 is 1.54 bits per heavy atom. The maximum absolute atomic E-state index is 13.1. The van der Waals surface area contributed by atoms with Crippen molar-refractivity contribution in [3.05, 3.63) is 23.9 Å². The van der Waals surface area contributed by atoms with Crippen LogP contribution in [0, 0.1) is 0 Å². The number of hydrogen-bond acceptors (Lipinski definition) is 5. The zero-order chi connectivity index (χ0) is 18.7. The predicted octanol–water partition coefficient (Wildman–Crippen LogP) is 0.608. The number of piperazine rings is 1. The lowest BCUT2D eigenvalue weighted by Crippen LogP contribution is -2.55. The Hall–Kier alpha value is -2.36. The molecule has 1 aromatic rings. The van der Waals surface area contributed by atoms with Gasteiger partial charge in [-0.15, -0.1) is 0 Å². The molecule has 0 N–H and O–H groups in total. The topological polar surface area (TPSA) is 66.0 Å². The van der Waals surface area contributed by atoms with Crippen molar-refractivity contribution in [2.75, 3.05) is 57.4 Å². The molecule has 0 saturated carbocycles. The molecule has 3 rings (SSSR count). The summed E-state index contributed by atoms with van der Waals surface area (Å²) in [5, 5.41) is 0. The predicted molar refractivity (Wildman–Crippen MR) is 85.4 cm³/mol. The molecule has 0 aromatic carbocycles. The van der Waals surface area contributed by atoms with Crippen LogP contribution in [-0.2, 0) is 20.5 Å². The Bertz CT molecular complexity index is 669. The third kappa shape index (κ3) is 3.90. The van der Waals surface area contributed by atoms with E-state index in [1.165, 1.54) is 27.0 Å². The fourth-order valence-electron chi connectivity index (χ4n) is 3.03. The molecule has 142 valence electrons. The Kier molecular flexibility index (Phi) is 5.30. The number of amides is 2. The highest BCUT2D eigenvalue weighted by Gasteiger charge is 2.37. The van der Waals surface area contributed by atoms with Crippen LogP contribution in [0.3, 0.4) is 0 Å². The summed E-state index contributed by atoms with van der Waals surface area (Å²) in [5.41, 5.74) is -0.802. The van der Waals surface area contributed by atoms with E-state index in [9.17, 15) is 22.8 Å². The Morgan fingerprint density at radius 1 is 0.962 bits per heavy atom. The minimum Gasteiger partial charge on any atom is -0.378 e. The van der Waals surface area contributed by atoms with Crippen LogP contribution in [0.4, 0.5) is 19.0 Å². The molecular weight excluding hydrogens is 353 g/mol. The van der Waals surface area contributed by atoms with Gasteiger partial charge in [0.2, 0.25) is 0 Å². The molecule has 0 aliphatic carbocycles. The van der Waals surface area contributed by atoms with E-state index in [0.717, 1.165) is 6.07 Å². The highest BCUT2D eigenvalue weighted by atomic mass is 19.4. The third-order valence-corrected chi connectivity index (χ3v) is 4.44. The molecule has 0 atom stereocenters. The number of carbonyl (C=O) groups excluding carboxylic acids is 2. The minimum absolute atomic E-state index is 0.147. The van der Waals surface area contributed by atoms with Crippen LogP contribution >= 0.6 is 0 Å². The Labute approximate surface area is 148 Å². The van der Waals surface area contributed by atoms with Crippen LogP contribution in [0.5, 0.6) is 0 Å². The first-order valence-corrected chi connectivity index (χ1v) is 8.31. The van der Waals surface area contributed by atoms with Crippen molar-refractivity contribution >= 4 is 17.6 Å². The van der Waals surface area contributed by atoms with Crippen molar-refractivity contribution in [2.45, 2.75) is 6.18 Å². The van der Waals surface area contributed by atoms with Gasteiger partial charge in [-0.3, -0.25) is 9.59 Å². The van der Waals surface area contributed by atoms with E-state index in [0.29, 0.717) is 26.3 Å². The molecule has 2 aliphatic rings. The first-order chi connectivity index (χ1) is 12.4. The molecule has 10 heteroatoms. The lowest BCUT2D eigenvalue weighted by molar-refractivity contribution is -0.154. The summed E-state index contributed by atoms with van der Waals surface area (Å²) in [6, 6.07) is 2.23. The second kappa shape index (κ2) is 7.48. The third-order valence-electron chi connectivity index (χ3n) is 4.44. The highest BCUT2D eigenvalue weighted by Crippen LogP contribution is 2.35. The van der Waals surface area contributed by atoms with E-state index in [-0.39, 0.29) is 32.0 Å². The molecule has 0 radical (unpaired) electrons. The van der Waals surface area contributed by atoms with Gasteiger partial charge in [-0.25, -0.2) is 4.98 Å². The fourth-order valence-corrected chi connectivity index (χ4v) is 3.03. The Morgan fingerprint density at radius 3 is 2.12 bits per heavy atom. The molecule has 2 fully saturated rings. The van der Waals surface area contributed by atoms with Crippen molar-refractivity contribution in [2.24, 2.45) is 0 Å². The molecule has 7 nitrogen and oxygen atoms in total. The lowest BCUT2D eigenvalue weighted by atomic mass is 10.2. The van der Waals surface area contributed by atoms with E-state index in [4.69, 9.17) is 4.74 Å². The molecule has 3 heterocycles. The van der Waals surface area contributed by atoms with E-state index < -0.39 is 23.6 Å². The number of hydrogen-bond donors (Lipinski definition) is 0. The fraction of sp³-hybridized carbons (Fsp3) is 0.562. The molecular formula is C16H19F3N4O3. The zero-order valence-electron chi connectivity index (χ0n) is 14.0. The first-order valence-electron chi connectivity index (χ1n) is 8.31. The molecule has 1 aromatic heterocycles. The summed E-state index contributed by atoms with van der Waals surface area (Å²) < 4.78 is 44.5. The number of nitrogens with zero attached hydrogens (tertiary/aromatic N) is 4. The number of anilines is 1. The van der Waals surface area contributed by atoms with Crippen molar-refractivity contribution in [3.63, 3.8) is 0 Å². The minimum atomic E-state index is -4.50. The normalized spacial score (nSPS) is 18.8. The van der Waals surface area contributed by atoms with E-state index in [2.05, 4.69) is 4.98 Å². The van der Waals surface area contributed by atoms with Gasteiger partial charge in [0.15, 0.2) is 0 Å². The average Bonchev–Trinajstić information content (AvgIpc) is 2.67. The Balaban J connectivity index is 1.63. The van der Waals surface area contributed by atoms with Gasteiger partial charge < -0.3 is 19.4 Å². The summed E-state index contributed by atoms with van der Waals surface area (Å²) >= 11 is 0. The van der Waals surface area contributed by atoms with E-state index in [1.807, 2.05) is 0 Å². The summed E-state index contributed by atoms with van der Waals surface area (Å²) in [5.74, 6) is -1.36. The van der Waals surface area contributed by atoms with Gasteiger partial charge in [0.25, 0.3) is 0 Å². The molecule has 0 spiro atoms. The summed E-state index contributed by atoms with van der Waals surface area (Å²) in [6.07, 6.45) is -3.19. The van der Waals surface area contributed by atoms with Gasteiger partial charge in [0.05, 0.1) is 18.8 Å². The zero-order valence-corrected chi connectivity index (χ0v) is 14.0. The maximum Gasteiger partial charge on any atom is 0.419 e. The van der Waals surface area contributed by atoms with Gasteiger partial charge >= 0.3 is 18.0 Å². The van der Waals surface area contributed by atoms with Crippen LogP contribution in [0.2, 0.25) is 0 Å². The van der Waals surface area contributed by atoms with Crippen LogP contribution in [-0.4, -0.2) is 79.1 Å². The van der Waals surface area contributed by atoms with Gasteiger partial charge in [0, 0.05) is 45.5 Å². The number of alkyl halides is 3. The van der Waals surface area contributed by atoms with Crippen molar-refractivity contribution in [1.82, 2.24) is 14.8 Å². The maximum atomic E-state index is 13.1. The van der Waals surface area contributed by atoms with Crippen LogP contribution in [0.25, 0.3) is 0 Å². The quantitative estimate of drug-likeness (QED) is 0.676. The molecule has 26 heavy (non-hydrogen) atoms. The molecule has 0 unspecified atom stereocenters. The number of rotatable bonds is 1. The molecule has 0 bridgehead atoms. The molecule has 2 saturated heterocycles. The van der Waals surface area contributed by atoms with Crippen LogP contribution in [0.15, 0.2) is 18.3 Å². The van der Waals surface area contributed by atoms with Crippen molar-refractivity contribution in [1.29, 1.82) is 0 Å². The van der Waals surface area contributed by atoms with Crippen molar-refractivity contribution in [3.8, 4) is 0 Å². The number of halogens is 3. The number of carbonyl (C=O) groups is 2. The van der Waals surface area contributed by atoms with Gasteiger partial charge in [-0.05, 0) is 12.1 Å². The largest absolute Gasteiger partial charge is 0.419 e. The standard InChI is InChI=1S/C16H19F3N4O3/c17-16(18,19)12-2-1-3-20-13(12)21-4-6-22(7-5-21)14(24)15(25)23-8-10-26-11-9-23/h1-3H,4-11H2. The summed E-state index contributed by atoms with van der Waals surface area (Å²) in [6.45, 7) is 2.23. The summed E-state index contributed by atoms with van der Waals surface area (Å²) in [4.78, 5) is 32.8. The molecule has 2 aliphatic heterocycles. The van der Waals surface area contributed by atoms with Gasteiger partial charge in [0.1, 0.15) is 5.82 Å².